The minimum Gasteiger partial charge on any atom is -0.487 e. The predicted octanol–water partition coefficient (Wildman–Crippen LogP) is 5.42. The van der Waals surface area contributed by atoms with Crippen molar-refractivity contribution in [3.63, 3.8) is 0 Å². The number of likely N-dealkylation sites (tertiary alicyclic amines) is 1. The van der Waals surface area contributed by atoms with Crippen LogP contribution in [0.25, 0.3) is 10.2 Å². The molecule has 0 radical (unpaired) electrons. The molecular weight excluding hydrogens is 444 g/mol. The van der Waals surface area contributed by atoms with Gasteiger partial charge in [0.15, 0.2) is 11.6 Å². The molecule has 170 valence electrons. The molecule has 5 rings (SSSR count). The fourth-order valence-corrected chi connectivity index (χ4v) is 5.29. The summed E-state index contributed by atoms with van der Waals surface area (Å²) in [4.78, 5) is 16.7. The molecule has 2 aromatic carbocycles. The van der Waals surface area contributed by atoms with Gasteiger partial charge in [-0.15, -0.1) is 11.3 Å². The van der Waals surface area contributed by atoms with Crippen molar-refractivity contribution >= 4 is 27.5 Å². The van der Waals surface area contributed by atoms with Gasteiger partial charge in [0.1, 0.15) is 16.8 Å². The molecule has 1 saturated heterocycles. The van der Waals surface area contributed by atoms with Crippen LogP contribution in [0.5, 0.6) is 5.75 Å². The molecule has 2 aromatic heterocycles. The van der Waals surface area contributed by atoms with Crippen LogP contribution in [0.1, 0.15) is 33.8 Å². The molecule has 4 aromatic rings. The van der Waals surface area contributed by atoms with Crippen molar-refractivity contribution in [2.75, 3.05) is 13.1 Å². The normalized spacial score (nSPS) is 14.7. The van der Waals surface area contributed by atoms with Gasteiger partial charge in [-0.1, -0.05) is 30.3 Å². The summed E-state index contributed by atoms with van der Waals surface area (Å²) in [5, 5.41) is 5.66. The third-order valence-electron chi connectivity index (χ3n) is 5.91. The van der Waals surface area contributed by atoms with E-state index < -0.39 is 11.6 Å². The summed E-state index contributed by atoms with van der Waals surface area (Å²) < 4.78 is 34.6. The maximum atomic E-state index is 13.9. The Morgan fingerprint density at radius 1 is 1.12 bits per heavy atom. The quantitative estimate of drug-likeness (QED) is 0.394. The highest BCUT2D eigenvalue weighted by molar-refractivity contribution is 7.20. The number of carbonyl (C=O) groups is 1. The van der Waals surface area contributed by atoms with Gasteiger partial charge in [-0.2, -0.15) is 5.10 Å². The first-order chi connectivity index (χ1) is 16.0. The van der Waals surface area contributed by atoms with Crippen molar-refractivity contribution in [1.82, 2.24) is 14.7 Å². The van der Waals surface area contributed by atoms with Gasteiger partial charge in [0, 0.05) is 37.4 Å². The largest absolute Gasteiger partial charge is 0.487 e. The van der Waals surface area contributed by atoms with Crippen LogP contribution in [-0.4, -0.2) is 39.8 Å². The van der Waals surface area contributed by atoms with E-state index in [1.54, 1.807) is 0 Å². The molecule has 1 fully saturated rings. The molecule has 0 bridgehead atoms. The van der Waals surface area contributed by atoms with Crippen LogP contribution in [0, 0.1) is 18.6 Å². The molecule has 5 nitrogen and oxygen atoms in total. The fraction of sp³-hybridized carbons (Fsp3) is 0.280. The molecule has 0 N–H and O–H groups in total. The SMILES string of the molecule is Cc1nn(Cc2ccccc2)c2sc(C(=O)N3CCC(Oc4ccc(F)cc4F)CC3)cc12. The second-order valence-electron chi connectivity index (χ2n) is 8.24. The Hall–Kier alpha value is -3.26. The zero-order valence-electron chi connectivity index (χ0n) is 18.1. The number of carbonyl (C=O) groups excluding carboxylic acids is 1. The lowest BCUT2D eigenvalue weighted by atomic mass is 10.1. The maximum Gasteiger partial charge on any atom is 0.264 e. The zero-order chi connectivity index (χ0) is 22.9. The van der Waals surface area contributed by atoms with Gasteiger partial charge in [0.2, 0.25) is 0 Å². The number of fused-ring (bicyclic) bond motifs is 1. The Labute approximate surface area is 194 Å². The number of benzene rings is 2. The molecule has 1 aliphatic rings. The van der Waals surface area contributed by atoms with E-state index in [0.29, 0.717) is 37.4 Å². The number of ether oxygens (including phenoxy) is 1. The average molecular weight is 468 g/mol. The lowest BCUT2D eigenvalue weighted by Gasteiger charge is -2.32. The first-order valence-corrected chi connectivity index (χ1v) is 11.7. The Morgan fingerprint density at radius 2 is 1.88 bits per heavy atom. The third-order valence-corrected chi connectivity index (χ3v) is 7.05. The van der Waals surface area contributed by atoms with Gasteiger partial charge < -0.3 is 9.64 Å². The molecule has 0 saturated carbocycles. The first-order valence-electron chi connectivity index (χ1n) is 10.9. The monoisotopic (exact) mass is 467 g/mol. The number of amides is 1. The second kappa shape index (κ2) is 8.94. The van der Waals surface area contributed by atoms with Crippen LogP contribution in [0.2, 0.25) is 0 Å². The predicted molar refractivity (Wildman–Crippen MR) is 124 cm³/mol. The van der Waals surface area contributed by atoms with Crippen molar-refractivity contribution in [3.8, 4) is 5.75 Å². The summed E-state index contributed by atoms with van der Waals surface area (Å²) in [6.45, 7) is 3.66. The Kier molecular flexibility index (Phi) is 5.85. The van der Waals surface area contributed by atoms with Crippen molar-refractivity contribution < 1.29 is 18.3 Å². The lowest BCUT2D eigenvalue weighted by molar-refractivity contribution is 0.0592. The number of hydrogen-bond donors (Lipinski definition) is 0. The summed E-state index contributed by atoms with van der Waals surface area (Å²) in [7, 11) is 0. The number of hydrogen-bond acceptors (Lipinski definition) is 4. The van der Waals surface area contributed by atoms with Gasteiger partial charge in [-0.3, -0.25) is 9.48 Å². The van der Waals surface area contributed by atoms with E-state index in [4.69, 9.17) is 4.74 Å². The standard InChI is InChI=1S/C25H23F2N3O2S/c1-16-20-14-23(33-25(20)30(28-16)15-17-5-3-2-4-6-17)24(31)29-11-9-19(10-12-29)32-22-8-7-18(26)13-21(22)27/h2-8,13-14,19H,9-12,15H2,1H3. The summed E-state index contributed by atoms with van der Waals surface area (Å²) in [6, 6.07) is 15.4. The molecule has 1 aliphatic heterocycles. The van der Waals surface area contributed by atoms with Crippen LogP contribution in [0.4, 0.5) is 8.78 Å². The summed E-state index contributed by atoms with van der Waals surface area (Å²) >= 11 is 1.47. The van der Waals surface area contributed by atoms with Crippen molar-refractivity contribution in [2.45, 2.75) is 32.4 Å². The summed E-state index contributed by atoms with van der Waals surface area (Å²) in [5.74, 6) is -1.30. The number of nitrogens with zero attached hydrogens (tertiary/aromatic N) is 3. The maximum absolute atomic E-state index is 13.9. The molecule has 33 heavy (non-hydrogen) atoms. The van der Waals surface area contributed by atoms with Gasteiger partial charge in [-0.05, 0) is 30.7 Å². The number of rotatable bonds is 5. The smallest absolute Gasteiger partial charge is 0.264 e. The number of aryl methyl sites for hydroxylation is 1. The first kappa shape index (κ1) is 21.6. The van der Waals surface area contributed by atoms with E-state index in [9.17, 15) is 13.6 Å². The average Bonchev–Trinajstić information content (AvgIpc) is 3.38. The minimum absolute atomic E-state index is 0.00623. The van der Waals surface area contributed by atoms with E-state index in [2.05, 4.69) is 17.2 Å². The molecule has 1 amide bonds. The van der Waals surface area contributed by atoms with Crippen molar-refractivity contribution in [3.05, 3.63) is 82.4 Å². The fourth-order valence-electron chi connectivity index (χ4n) is 4.16. The lowest BCUT2D eigenvalue weighted by Crippen LogP contribution is -2.41. The number of thiophene rings is 1. The minimum atomic E-state index is -0.710. The van der Waals surface area contributed by atoms with E-state index >= 15 is 0 Å². The van der Waals surface area contributed by atoms with Crippen molar-refractivity contribution in [1.29, 1.82) is 0 Å². The molecule has 3 heterocycles. The molecule has 0 aliphatic carbocycles. The molecular formula is C25H23F2N3O2S. The topological polar surface area (TPSA) is 47.4 Å². The van der Waals surface area contributed by atoms with Crippen LogP contribution in [-0.2, 0) is 6.54 Å². The zero-order valence-corrected chi connectivity index (χ0v) is 18.9. The number of aromatic nitrogens is 2. The van der Waals surface area contributed by atoms with Crippen LogP contribution in [0.15, 0.2) is 54.6 Å². The van der Waals surface area contributed by atoms with Crippen LogP contribution < -0.4 is 4.74 Å². The van der Waals surface area contributed by atoms with Crippen LogP contribution >= 0.6 is 11.3 Å². The highest BCUT2D eigenvalue weighted by atomic mass is 32.1. The molecule has 0 unspecified atom stereocenters. The van der Waals surface area contributed by atoms with Gasteiger partial charge in [-0.25, -0.2) is 8.78 Å². The molecule has 0 atom stereocenters. The molecule has 0 spiro atoms. The van der Waals surface area contributed by atoms with E-state index in [0.717, 1.165) is 27.5 Å². The Bertz CT molecular complexity index is 1290. The van der Waals surface area contributed by atoms with E-state index in [1.165, 1.54) is 23.5 Å². The number of piperidine rings is 1. The Balaban J connectivity index is 1.26. The van der Waals surface area contributed by atoms with E-state index in [1.807, 2.05) is 40.8 Å². The van der Waals surface area contributed by atoms with Crippen LogP contribution in [0.3, 0.4) is 0 Å². The Morgan fingerprint density at radius 3 is 2.61 bits per heavy atom. The van der Waals surface area contributed by atoms with Crippen molar-refractivity contribution in [2.24, 2.45) is 0 Å². The highest BCUT2D eigenvalue weighted by Gasteiger charge is 2.27. The highest BCUT2D eigenvalue weighted by Crippen LogP contribution is 2.31. The van der Waals surface area contributed by atoms with E-state index in [-0.39, 0.29) is 17.8 Å². The summed E-state index contributed by atoms with van der Waals surface area (Å²) in [6.07, 6.45) is 0.973. The van der Waals surface area contributed by atoms with Gasteiger partial charge >= 0.3 is 0 Å². The van der Waals surface area contributed by atoms with Gasteiger partial charge in [0.05, 0.1) is 17.1 Å². The summed E-state index contributed by atoms with van der Waals surface area (Å²) in [5.41, 5.74) is 2.06. The number of halogens is 2. The second-order valence-corrected chi connectivity index (χ2v) is 9.27. The third kappa shape index (κ3) is 4.48. The van der Waals surface area contributed by atoms with Gasteiger partial charge in [0.25, 0.3) is 5.91 Å². The molecule has 8 heteroatoms.